The van der Waals surface area contributed by atoms with Crippen LogP contribution in [0.3, 0.4) is 0 Å². The van der Waals surface area contributed by atoms with E-state index >= 15 is 0 Å². The summed E-state index contributed by atoms with van der Waals surface area (Å²) in [4.78, 5) is 25.6. The van der Waals surface area contributed by atoms with Gasteiger partial charge in [0.2, 0.25) is 0 Å². The summed E-state index contributed by atoms with van der Waals surface area (Å²) < 4.78 is 4.43. The van der Waals surface area contributed by atoms with E-state index in [1.807, 2.05) is 6.07 Å². The molecular weight excluding hydrogens is 234 g/mol. The zero-order valence-electron chi connectivity index (χ0n) is 9.82. The maximum absolute atomic E-state index is 11.7. The van der Waals surface area contributed by atoms with Crippen LogP contribution >= 0.6 is 0 Å². The Balaban J connectivity index is 2.15. The van der Waals surface area contributed by atoms with Gasteiger partial charge in [0.25, 0.3) is 5.91 Å². The number of carbonyl (C=O) groups is 2. The Bertz CT molecular complexity index is 604. The molecule has 0 fully saturated rings. The van der Waals surface area contributed by atoms with E-state index in [9.17, 15) is 9.59 Å². The summed E-state index contributed by atoms with van der Waals surface area (Å²) in [6, 6.07) is 7.01. The molecule has 0 saturated heterocycles. The van der Waals surface area contributed by atoms with Crippen molar-refractivity contribution in [2.75, 3.05) is 19.4 Å². The number of amides is 1. The number of hydrogen-bond donors (Lipinski definition) is 3. The summed E-state index contributed by atoms with van der Waals surface area (Å²) in [6.07, 6.45) is 0. The molecule has 0 aliphatic rings. The molecule has 6 heteroatoms. The lowest BCUT2D eigenvalue weighted by Crippen LogP contribution is -2.30. The predicted molar refractivity (Wildman–Crippen MR) is 67.1 cm³/mol. The molecule has 94 valence electrons. The summed E-state index contributed by atoms with van der Waals surface area (Å²) in [5.41, 5.74) is 7.41. The van der Waals surface area contributed by atoms with E-state index < -0.39 is 5.97 Å². The van der Waals surface area contributed by atoms with E-state index in [2.05, 4.69) is 15.0 Å². The normalized spacial score (nSPS) is 10.3. The van der Waals surface area contributed by atoms with E-state index in [1.54, 1.807) is 18.2 Å². The Morgan fingerprint density at radius 1 is 1.39 bits per heavy atom. The van der Waals surface area contributed by atoms with Gasteiger partial charge in [0, 0.05) is 16.6 Å². The Labute approximate surface area is 103 Å². The van der Waals surface area contributed by atoms with Crippen LogP contribution in [-0.2, 0) is 9.53 Å². The van der Waals surface area contributed by atoms with Crippen LogP contribution in [0.2, 0.25) is 0 Å². The fourth-order valence-corrected chi connectivity index (χ4v) is 1.59. The second-order valence-electron chi connectivity index (χ2n) is 3.79. The molecule has 0 atom stereocenters. The van der Waals surface area contributed by atoms with Crippen molar-refractivity contribution in [1.29, 1.82) is 0 Å². The van der Waals surface area contributed by atoms with Gasteiger partial charge in [0.05, 0.1) is 7.11 Å². The monoisotopic (exact) mass is 247 g/mol. The number of methoxy groups -OCH3 is 1. The van der Waals surface area contributed by atoms with E-state index in [0.29, 0.717) is 11.4 Å². The third-order valence-electron chi connectivity index (χ3n) is 2.51. The Morgan fingerprint density at radius 3 is 2.89 bits per heavy atom. The van der Waals surface area contributed by atoms with Gasteiger partial charge in [-0.25, -0.2) is 0 Å². The fraction of sp³-hybridized carbons (Fsp3) is 0.167. The molecule has 4 N–H and O–H groups in total. The largest absolute Gasteiger partial charge is 0.468 e. The molecule has 0 spiro atoms. The number of anilines is 1. The zero-order valence-corrected chi connectivity index (χ0v) is 9.82. The third kappa shape index (κ3) is 2.42. The highest BCUT2D eigenvalue weighted by atomic mass is 16.5. The summed E-state index contributed by atoms with van der Waals surface area (Å²) in [6.45, 7) is -0.160. The number of ether oxygens (including phenoxy) is 1. The van der Waals surface area contributed by atoms with Gasteiger partial charge in [-0.3, -0.25) is 9.59 Å². The van der Waals surface area contributed by atoms with Gasteiger partial charge >= 0.3 is 5.97 Å². The first-order chi connectivity index (χ1) is 8.60. The molecule has 0 aliphatic heterocycles. The summed E-state index contributed by atoms with van der Waals surface area (Å²) >= 11 is 0. The van der Waals surface area contributed by atoms with Crippen molar-refractivity contribution in [2.24, 2.45) is 0 Å². The summed E-state index contributed by atoms with van der Waals surface area (Å²) in [7, 11) is 1.26. The quantitative estimate of drug-likeness (QED) is 0.548. The van der Waals surface area contributed by atoms with E-state index in [4.69, 9.17) is 5.73 Å². The molecule has 1 amide bonds. The molecular formula is C12H13N3O3. The van der Waals surface area contributed by atoms with Crippen molar-refractivity contribution >= 4 is 28.5 Å². The number of hydrogen-bond acceptors (Lipinski definition) is 4. The van der Waals surface area contributed by atoms with Gasteiger partial charge in [-0.2, -0.15) is 0 Å². The predicted octanol–water partition coefficient (Wildman–Crippen LogP) is 0.653. The minimum absolute atomic E-state index is 0.160. The Hall–Kier alpha value is -2.50. The molecule has 0 bridgehead atoms. The van der Waals surface area contributed by atoms with Crippen LogP contribution in [-0.4, -0.2) is 30.5 Å². The number of fused-ring (bicyclic) bond motifs is 1. The number of H-pyrrole nitrogens is 1. The second-order valence-corrected chi connectivity index (χ2v) is 3.79. The number of nitrogens with two attached hydrogens (primary N) is 1. The fourth-order valence-electron chi connectivity index (χ4n) is 1.59. The highest BCUT2D eigenvalue weighted by Gasteiger charge is 2.10. The van der Waals surface area contributed by atoms with Crippen molar-refractivity contribution < 1.29 is 14.3 Å². The standard InChI is InChI=1S/C12H13N3O3/c1-18-11(16)6-14-12(17)10-4-7-2-3-8(13)5-9(7)15-10/h2-5,15H,6,13H2,1H3,(H,14,17). The van der Waals surface area contributed by atoms with Gasteiger partial charge in [0.15, 0.2) is 0 Å². The van der Waals surface area contributed by atoms with E-state index in [1.165, 1.54) is 7.11 Å². The highest BCUT2D eigenvalue weighted by molar-refractivity contribution is 5.99. The van der Waals surface area contributed by atoms with E-state index in [-0.39, 0.29) is 12.5 Å². The van der Waals surface area contributed by atoms with Gasteiger partial charge in [-0.15, -0.1) is 0 Å². The molecule has 0 unspecified atom stereocenters. The number of aromatic amines is 1. The molecule has 2 aromatic rings. The van der Waals surface area contributed by atoms with Gasteiger partial charge in [-0.05, 0) is 18.2 Å². The van der Waals surface area contributed by atoms with E-state index in [0.717, 1.165) is 10.9 Å². The molecule has 0 radical (unpaired) electrons. The Kier molecular flexibility index (Phi) is 3.18. The maximum Gasteiger partial charge on any atom is 0.325 e. The van der Waals surface area contributed by atoms with Gasteiger partial charge in [0.1, 0.15) is 12.2 Å². The first-order valence-electron chi connectivity index (χ1n) is 5.33. The number of benzene rings is 1. The molecule has 18 heavy (non-hydrogen) atoms. The van der Waals surface area contributed by atoms with Crippen LogP contribution in [0, 0.1) is 0 Å². The SMILES string of the molecule is COC(=O)CNC(=O)c1cc2ccc(N)cc2[nH]1. The summed E-state index contributed by atoms with van der Waals surface area (Å²) in [5.74, 6) is -0.862. The minimum atomic E-state index is -0.497. The van der Waals surface area contributed by atoms with Crippen LogP contribution < -0.4 is 11.1 Å². The first-order valence-corrected chi connectivity index (χ1v) is 5.33. The number of nitrogen functional groups attached to an aromatic ring is 1. The average molecular weight is 247 g/mol. The average Bonchev–Trinajstić information content (AvgIpc) is 2.78. The lowest BCUT2D eigenvalue weighted by molar-refractivity contribution is -0.139. The number of aromatic nitrogens is 1. The molecule has 2 rings (SSSR count). The van der Waals surface area contributed by atoms with Crippen LogP contribution in [0.15, 0.2) is 24.3 Å². The topological polar surface area (TPSA) is 97.2 Å². The van der Waals surface area contributed by atoms with Crippen molar-refractivity contribution in [1.82, 2.24) is 10.3 Å². The van der Waals surface area contributed by atoms with Crippen LogP contribution in [0.4, 0.5) is 5.69 Å². The molecule has 1 aromatic carbocycles. The van der Waals surface area contributed by atoms with Crippen LogP contribution in [0.25, 0.3) is 10.9 Å². The maximum atomic E-state index is 11.7. The van der Waals surface area contributed by atoms with Crippen molar-refractivity contribution in [2.45, 2.75) is 0 Å². The molecule has 1 heterocycles. The lowest BCUT2D eigenvalue weighted by Gasteiger charge is -2.01. The summed E-state index contributed by atoms with van der Waals surface area (Å²) in [5, 5.41) is 3.33. The van der Waals surface area contributed by atoms with Crippen LogP contribution in [0.1, 0.15) is 10.5 Å². The van der Waals surface area contributed by atoms with Crippen molar-refractivity contribution in [3.8, 4) is 0 Å². The molecule has 6 nitrogen and oxygen atoms in total. The molecule has 0 aliphatic carbocycles. The highest BCUT2D eigenvalue weighted by Crippen LogP contribution is 2.18. The number of nitrogens with one attached hydrogen (secondary N) is 2. The van der Waals surface area contributed by atoms with Crippen molar-refractivity contribution in [3.63, 3.8) is 0 Å². The Morgan fingerprint density at radius 2 is 2.17 bits per heavy atom. The smallest absolute Gasteiger partial charge is 0.325 e. The third-order valence-corrected chi connectivity index (χ3v) is 2.51. The van der Waals surface area contributed by atoms with Gasteiger partial charge in [-0.1, -0.05) is 6.07 Å². The lowest BCUT2D eigenvalue weighted by atomic mass is 10.2. The minimum Gasteiger partial charge on any atom is -0.468 e. The second kappa shape index (κ2) is 4.79. The van der Waals surface area contributed by atoms with Crippen LogP contribution in [0.5, 0.6) is 0 Å². The number of esters is 1. The first kappa shape index (κ1) is 12.0. The number of rotatable bonds is 3. The number of carbonyl (C=O) groups excluding carboxylic acids is 2. The molecule has 0 saturated carbocycles. The zero-order chi connectivity index (χ0) is 13.1. The van der Waals surface area contributed by atoms with Gasteiger partial charge < -0.3 is 20.8 Å². The van der Waals surface area contributed by atoms with Crippen molar-refractivity contribution in [3.05, 3.63) is 30.0 Å². The molecule has 1 aromatic heterocycles.